The first-order valence-electron chi connectivity index (χ1n) is 7.82. The summed E-state index contributed by atoms with van der Waals surface area (Å²) in [6.07, 6.45) is 4.12. The summed E-state index contributed by atoms with van der Waals surface area (Å²) in [5.41, 5.74) is 1.07. The molecule has 3 heterocycles. The molecule has 0 bridgehead atoms. The van der Waals surface area contributed by atoms with Gasteiger partial charge in [-0.15, -0.1) is 0 Å². The van der Waals surface area contributed by atoms with Gasteiger partial charge in [0.2, 0.25) is 0 Å². The number of benzene rings is 1. The molecule has 2 fully saturated rings. The highest BCUT2D eigenvalue weighted by molar-refractivity contribution is 5.39. The molecule has 0 radical (unpaired) electrons. The van der Waals surface area contributed by atoms with Crippen molar-refractivity contribution in [2.75, 3.05) is 6.54 Å². The average Bonchev–Trinajstić information content (AvgIpc) is 2.45. The van der Waals surface area contributed by atoms with Crippen molar-refractivity contribution in [3.05, 3.63) is 29.8 Å². The molecule has 108 valence electrons. The Balaban J connectivity index is 1.72. The summed E-state index contributed by atoms with van der Waals surface area (Å²) in [7, 11) is 0. The Kier molecular flexibility index (Phi) is 2.83. The third-order valence-electron chi connectivity index (χ3n) is 5.21. The van der Waals surface area contributed by atoms with Crippen molar-refractivity contribution in [2.45, 2.75) is 57.0 Å². The molecule has 0 unspecified atom stereocenters. The Morgan fingerprint density at radius 2 is 2.10 bits per heavy atom. The lowest BCUT2D eigenvalue weighted by Crippen LogP contribution is -2.57. The van der Waals surface area contributed by atoms with E-state index in [4.69, 9.17) is 9.47 Å². The van der Waals surface area contributed by atoms with Crippen molar-refractivity contribution >= 4 is 0 Å². The van der Waals surface area contributed by atoms with E-state index in [1.807, 2.05) is 6.07 Å². The highest BCUT2D eigenvalue weighted by Crippen LogP contribution is 2.51. The summed E-state index contributed by atoms with van der Waals surface area (Å²) < 4.78 is 12.8. The van der Waals surface area contributed by atoms with Crippen LogP contribution in [-0.4, -0.2) is 24.3 Å². The standard InChI is InChI=1S/C17H23NO2/c1-17(2)12-10-13-15(8-5-9-18-13)19-16(12)11-6-3-4-7-14(11)20-17/h3-4,6-7,12-13,15-16,18H,5,8-10H2,1-2H3/t12-,13-,15-,16+/m0/s1. The van der Waals surface area contributed by atoms with Gasteiger partial charge in [-0.2, -0.15) is 0 Å². The second-order valence-electron chi connectivity index (χ2n) is 6.88. The Labute approximate surface area is 120 Å². The maximum absolute atomic E-state index is 6.51. The number of piperidine rings is 1. The fraction of sp³-hybridized carbons (Fsp3) is 0.647. The van der Waals surface area contributed by atoms with E-state index in [0.717, 1.165) is 18.7 Å². The molecule has 0 amide bonds. The number of ether oxygens (including phenoxy) is 2. The van der Waals surface area contributed by atoms with Crippen molar-refractivity contribution in [1.82, 2.24) is 5.32 Å². The van der Waals surface area contributed by atoms with Crippen molar-refractivity contribution in [3.8, 4) is 5.75 Å². The maximum Gasteiger partial charge on any atom is 0.125 e. The number of para-hydroxylation sites is 1. The molecule has 2 saturated heterocycles. The van der Waals surface area contributed by atoms with Gasteiger partial charge in [0.25, 0.3) is 0 Å². The molecule has 0 aliphatic carbocycles. The highest BCUT2D eigenvalue weighted by atomic mass is 16.5. The molecule has 3 aliphatic rings. The Bertz CT molecular complexity index is 513. The first-order valence-corrected chi connectivity index (χ1v) is 7.82. The lowest BCUT2D eigenvalue weighted by molar-refractivity contribution is -0.167. The highest BCUT2D eigenvalue weighted by Gasteiger charge is 2.50. The largest absolute Gasteiger partial charge is 0.487 e. The molecular weight excluding hydrogens is 250 g/mol. The third kappa shape index (κ3) is 1.87. The Morgan fingerprint density at radius 1 is 1.25 bits per heavy atom. The van der Waals surface area contributed by atoms with Crippen LogP contribution in [0.4, 0.5) is 0 Å². The average molecular weight is 273 g/mol. The molecule has 1 aromatic carbocycles. The summed E-state index contributed by atoms with van der Waals surface area (Å²) in [5.74, 6) is 1.42. The van der Waals surface area contributed by atoms with Crippen LogP contribution < -0.4 is 10.1 Å². The van der Waals surface area contributed by atoms with Gasteiger partial charge < -0.3 is 14.8 Å². The van der Waals surface area contributed by atoms with Gasteiger partial charge in [-0.05, 0) is 45.7 Å². The molecule has 1 aromatic rings. The topological polar surface area (TPSA) is 30.5 Å². The second-order valence-corrected chi connectivity index (χ2v) is 6.88. The van der Waals surface area contributed by atoms with Crippen LogP contribution in [0.3, 0.4) is 0 Å². The summed E-state index contributed by atoms with van der Waals surface area (Å²) in [6.45, 7) is 5.53. The van der Waals surface area contributed by atoms with Crippen molar-refractivity contribution < 1.29 is 9.47 Å². The van der Waals surface area contributed by atoms with E-state index in [1.165, 1.54) is 18.4 Å². The number of hydrogen-bond acceptors (Lipinski definition) is 3. The lowest BCUT2D eigenvalue weighted by atomic mass is 9.73. The van der Waals surface area contributed by atoms with Gasteiger partial charge >= 0.3 is 0 Å². The van der Waals surface area contributed by atoms with Crippen LogP contribution in [0.2, 0.25) is 0 Å². The summed E-state index contributed by atoms with van der Waals surface area (Å²) in [5, 5.41) is 3.64. The molecule has 0 spiro atoms. The number of nitrogens with one attached hydrogen (secondary N) is 1. The number of fused-ring (bicyclic) bond motifs is 4. The van der Waals surface area contributed by atoms with Gasteiger partial charge in [0.05, 0.1) is 12.2 Å². The van der Waals surface area contributed by atoms with Gasteiger partial charge in [-0.25, -0.2) is 0 Å². The third-order valence-corrected chi connectivity index (χ3v) is 5.21. The van der Waals surface area contributed by atoms with E-state index < -0.39 is 0 Å². The van der Waals surface area contributed by atoms with Crippen LogP contribution >= 0.6 is 0 Å². The molecule has 0 aromatic heterocycles. The molecule has 4 atom stereocenters. The molecular formula is C17H23NO2. The van der Waals surface area contributed by atoms with E-state index in [2.05, 4.69) is 37.4 Å². The molecule has 4 rings (SSSR count). The minimum Gasteiger partial charge on any atom is -0.487 e. The van der Waals surface area contributed by atoms with E-state index in [1.54, 1.807) is 0 Å². The first kappa shape index (κ1) is 12.7. The van der Waals surface area contributed by atoms with E-state index in [-0.39, 0.29) is 11.7 Å². The summed E-state index contributed by atoms with van der Waals surface area (Å²) in [4.78, 5) is 0. The van der Waals surface area contributed by atoms with Gasteiger partial charge in [0, 0.05) is 17.5 Å². The summed E-state index contributed by atoms with van der Waals surface area (Å²) >= 11 is 0. The van der Waals surface area contributed by atoms with Crippen LogP contribution in [0, 0.1) is 5.92 Å². The zero-order chi connectivity index (χ0) is 13.7. The van der Waals surface area contributed by atoms with Crippen molar-refractivity contribution in [3.63, 3.8) is 0 Å². The van der Waals surface area contributed by atoms with E-state index in [9.17, 15) is 0 Å². The zero-order valence-corrected chi connectivity index (χ0v) is 12.3. The van der Waals surface area contributed by atoms with Crippen LogP contribution in [0.25, 0.3) is 0 Å². The van der Waals surface area contributed by atoms with E-state index in [0.29, 0.717) is 18.1 Å². The minimum atomic E-state index is -0.164. The summed E-state index contributed by atoms with van der Waals surface area (Å²) in [6, 6.07) is 8.87. The predicted octanol–water partition coefficient (Wildman–Crippen LogP) is 3.06. The zero-order valence-electron chi connectivity index (χ0n) is 12.3. The molecule has 3 aliphatic heterocycles. The van der Waals surface area contributed by atoms with E-state index >= 15 is 0 Å². The normalized spacial score (nSPS) is 38.1. The molecule has 3 nitrogen and oxygen atoms in total. The van der Waals surface area contributed by atoms with Gasteiger partial charge in [-0.3, -0.25) is 0 Å². The molecule has 1 N–H and O–H groups in total. The fourth-order valence-electron chi connectivity index (χ4n) is 4.11. The van der Waals surface area contributed by atoms with Crippen LogP contribution in [0.1, 0.15) is 44.8 Å². The first-order chi connectivity index (χ1) is 9.65. The number of hydrogen-bond donors (Lipinski definition) is 1. The molecule has 20 heavy (non-hydrogen) atoms. The SMILES string of the molecule is CC1(C)Oc2ccccc2[C@H]2O[C@H]3CCCN[C@H]3C[C@@H]21. The number of rotatable bonds is 0. The fourth-order valence-corrected chi connectivity index (χ4v) is 4.11. The monoisotopic (exact) mass is 273 g/mol. The van der Waals surface area contributed by atoms with Crippen LogP contribution in [0.5, 0.6) is 5.75 Å². The van der Waals surface area contributed by atoms with Gasteiger partial charge in [0.15, 0.2) is 0 Å². The van der Waals surface area contributed by atoms with Gasteiger partial charge in [0.1, 0.15) is 11.4 Å². The van der Waals surface area contributed by atoms with Crippen LogP contribution in [-0.2, 0) is 4.74 Å². The lowest BCUT2D eigenvalue weighted by Gasteiger charge is -2.52. The smallest absolute Gasteiger partial charge is 0.125 e. The van der Waals surface area contributed by atoms with Gasteiger partial charge in [-0.1, -0.05) is 18.2 Å². The predicted molar refractivity (Wildman–Crippen MR) is 77.9 cm³/mol. The maximum atomic E-state index is 6.51. The Hall–Kier alpha value is -1.06. The van der Waals surface area contributed by atoms with Crippen LogP contribution in [0.15, 0.2) is 24.3 Å². The second kappa shape index (κ2) is 4.47. The van der Waals surface area contributed by atoms with Crippen molar-refractivity contribution in [2.24, 2.45) is 5.92 Å². The Morgan fingerprint density at radius 3 is 3.00 bits per heavy atom. The minimum absolute atomic E-state index is 0.164. The quantitative estimate of drug-likeness (QED) is 0.788. The van der Waals surface area contributed by atoms with Crippen molar-refractivity contribution in [1.29, 1.82) is 0 Å². The molecule has 3 heteroatoms. The molecule has 0 saturated carbocycles.